The van der Waals surface area contributed by atoms with Gasteiger partial charge in [-0.25, -0.2) is 0 Å². The number of methoxy groups -OCH3 is 1. The normalized spacial score (nSPS) is 16.5. The third-order valence-electron chi connectivity index (χ3n) is 2.09. The quantitative estimate of drug-likeness (QED) is 0.610. The Morgan fingerprint density at radius 1 is 1.43 bits per heavy atom. The van der Waals surface area contributed by atoms with Gasteiger partial charge in [-0.3, -0.25) is 9.59 Å². The van der Waals surface area contributed by atoms with E-state index in [0.717, 1.165) is 13.0 Å². The third-order valence-corrected chi connectivity index (χ3v) is 2.09. The minimum Gasteiger partial charge on any atom is -0.469 e. The van der Waals surface area contributed by atoms with Gasteiger partial charge in [0.25, 0.3) is 0 Å². The van der Waals surface area contributed by atoms with Crippen LogP contribution in [-0.4, -0.2) is 43.8 Å². The largest absolute Gasteiger partial charge is 0.469 e. The van der Waals surface area contributed by atoms with E-state index in [-0.39, 0.29) is 24.7 Å². The highest BCUT2D eigenvalue weighted by Crippen LogP contribution is 2.05. The van der Waals surface area contributed by atoms with E-state index in [2.05, 4.69) is 4.74 Å². The van der Waals surface area contributed by atoms with Gasteiger partial charge in [0.2, 0.25) is 5.91 Å². The Morgan fingerprint density at radius 2 is 2.21 bits per heavy atom. The molecule has 5 heteroatoms. The molecule has 0 bridgehead atoms. The van der Waals surface area contributed by atoms with E-state index in [1.165, 1.54) is 7.11 Å². The number of hydrogen-bond donors (Lipinski definition) is 0. The van der Waals surface area contributed by atoms with Crippen molar-refractivity contribution in [3.05, 3.63) is 0 Å². The van der Waals surface area contributed by atoms with E-state index in [1.54, 1.807) is 4.90 Å². The first kappa shape index (κ1) is 11.0. The van der Waals surface area contributed by atoms with Crippen molar-refractivity contribution in [1.29, 1.82) is 0 Å². The summed E-state index contributed by atoms with van der Waals surface area (Å²) >= 11 is 0. The monoisotopic (exact) mass is 201 g/mol. The molecule has 1 fully saturated rings. The van der Waals surface area contributed by atoms with Crippen LogP contribution in [0.15, 0.2) is 0 Å². The highest BCUT2D eigenvalue weighted by molar-refractivity contribution is 5.81. The zero-order valence-electron chi connectivity index (χ0n) is 8.32. The molecule has 80 valence electrons. The van der Waals surface area contributed by atoms with E-state index in [1.807, 2.05) is 0 Å². The lowest BCUT2D eigenvalue weighted by atomic mass is 10.2. The van der Waals surface area contributed by atoms with Crippen LogP contribution in [0.2, 0.25) is 0 Å². The van der Waals surface area contributed by atoms with Gasteiger partial charge >= 0.3 is 5.97 Å². The van der Waals surface area contributed by atoms with Crippen molar-refractivity contribution in [3.8, 4) is 0 Å². The summed E-state index contributed by atoms with van der Waals surface area (Å²) in [5, 5.41) is 0. The van der Waals surface area contributed by atoms with Crippen LogP contribution < -0.4 is 0 Å². The molecule has 0 aliphatic carbocycles. The van der Waals surface area contributed by atoms with Gasteiger partial charge in [0.15, 0.2) is 0 Å². The molecule has 0 aromatic carbocycles. The number of ether oxygens (including phenoxy) is 2. The van der Waals surface area contributed by atoms with Crippen LogP contribution >= 0.6 is 0 Å². The minimum absolute atomic E-state index is 0.0462. The van der Waals surface area contributed by atoms with Gasteiger partial charge in [-0.15, -0.1) is 0 Å². The summed E-state index contributed by atoms with van der Waals surface area (Å²) in [4.78, 5) is 23.8. The molecule has 0 unspecified atom stereocenters. The number of rotatable bonds is 3. The molecule has 0 aromatic rings. The first-order valence-corrected chi connectivity index (χ1v) is 4.66. The molecule has 0 N–H and O–H groups in total. The van der Waals surface area contributed by atoms with Crippen LogP contribution in [0.1, 0.15) is 19.3 Å². The second kappa shape index (κ2) is 5.59. The van der Waals surface area contributed by atoms with Gasteiger partial charge < -0.3 is 14.4 Å². The lowest BCUT2D eigenvalue weighted by Crippen LogP contribution is -2.38. The van der Waals surface area contributed by atoms with Crippen LogP contribution in [0.4, 0.5) is 0 Å². The zero-order valence-corrected chi connectivity index (χ0v) is 8.32. The molecule has 1 aliphatic heterocycles. The molecule has 1 rings (SSSR count). The van der Waals surface area contributed by atoms with Crippen LogP contribution in [0, 0.1) is 0 Å². The van der Waals surface area contributed by atoms with Gasteiger partial charge in [-0.2, -0.15) is 0 Å². The molecule has 1 amide bonds. The number of carbonyl (C=O) groups excluding carboxylic acids is 2. The summed E-state index contributed by atoms with van der Waals surface area (Å²) in [5.41, 5.74) is 0. The van der Waals surface area contributed by atoms with Crippen LogP contribution in [0.25, 0.3) is 0 Å². The Morgan fingerprint density at radius 3 is 2.79 bits per heavy atom. The van der Waals surface area contributed by atoms with Gasteiger partial charge in [-0.05, 0) is 6.42 Å². The van der Waals surface area contributed by atoms with Crippen LogP contribution in [0.5, 0.6) is 0 Å². The lowest BCUT2D eigenvalue weighted by molar-refractivity contribution is -0.146. The van der Waals surface area contributed by atoms with Gasteiger partial charge in [0, 0.05) is 13.0 Å². The van der Waals surface area contributed by atoms with Gasteiger partial charge in [0.05, 0.1) is 20.1 Å². The number of nitrogens with zero attached hydrogens (tertiary/aromatic N) is 1. The average Bonchev–Trinajstić information content (AvgIpc) is 2.26. The van der Waals surface area contributed by atoms with Crippen molar-refractivity contribution < 1.29 is 19.1 Å². The van der Waals surface area contributed by atoms with E-state index in [0.29, 0.717) is 13.3 Å². The Labute approximate surface area is 83.0 Å². The Hall–Kier alpha value is -1.10. The van der Waals surface area contributed by atoms with Gasteiger partial charge in [-0.1, -0.05) is 0 Å². The Kier molecular flexibility index (Phi) is 4.39. The fourth-order valence-corrected chi connectivity index (χ4v) is 1.26. The summed E-state index contributed by atoms with van der Waals surface area (Å²) in [7, 11) is 1.32. The third kappa shape index (κ3) is 3.33. The van der Waals surface area contributed by atoms with Crippen molar-refractivity contribution in [2.24, 2.45) is 0 Å². The topological polar surface area (TPSA) is 55.8 Å². The molecule has 0 saturated carbocycles. The van der Waals surface area contributed by atoms with E-state index >= 15 is 0 Å². The van der Waals surface area contributed by atoms with Crippen molar-refractivity contribution in [2.45, 2.75) is 19.3 Å². The average molecular weight is 201 g/mol. The maximum Gasteiger partial charge on any atom is 0.306 e. The minimum atomic E-state index is -0.351. The zero-order chi connectivity index (χ0) is 10.4. The lowest BCUT2D eigenvalue weighted by Gasteiger charge is -2.26. The summed E-state index contributed by atoms with van der Waals surface area (Å²) in [6, 6.07) is 0. The van der Waals surface area contributed by atoms with E-state index < -0.39 is 0 Å². The van der Waals surface area contributed by atoms with Crippen LogP contribution in [0.3, 0.4) is 0 Å². The Balaban J connectivity index is 2.23. The number of carbonyl (C=O) groups is 2. The van der Waals surface area contributed by atoms with Crippen molar-refractivity contribution >= 4 is 11.9 Å². The highest BCUT2D eigenvalue weighted by Gasteiger charge is 2.17. The first-order chi connectivity index (χ1) is 6.74. The van der Waals surface area contributed by atoms with E-state index in [4.69, 9.17) is 4.74 Å². The molecular weight excluding hydrogens is 186 g/mol. The fraction of sp³-hybridized carbons (Fsp3) is 0.778. The molecule has 0 atom stereocenters. The fourth-order valence-electron chi connectivity index (χ4n) is 1.26. The second-order valence-corrected chi connectivity index (χ2v) is 3.12. The SMILES string of the molecule is COC(=O)CCC(=O)N1CCCOC1. The highest BCUT2D eigenvalue weighted by atomic mass is 16.5. The molecule has 1 aliphatic rings. The standard InChI is InChI=1S/C9H15NO4/c1-13-9(12)4-3-8(11)10-5-2-6-14-7-10/h2-7H2,1H3. The maximum absolute atomic E-state index is 11.5. The summed E-state index contributed by atoms with van der Waals surface area (Å²) in [6.45, 7) is 1.78. The summed E-state index contributed by atoms with van der Waals surface area (Å²) in [5.74, 6) is -0.397. The maximum atomic E-state index is 11.5. The molecular formula is C9H15NO4. The molecule has 14 heavy (non-hydrogen) atoms. The number of hydrogen-bond acceptors (Lipinski definition) is 4. The predicted octanol–water partition coefficient (Wildman–Crippen LogP) is 0.146. The summed E-state index contributed by atoms with van der Waals surface area (Å²) in [6.07, 6.45) is 1.21. The second-order valence-electron chi connectivity index (χ2n) is 3.12. The molecule has 1 heterocycles. The molecule has 0 spiro atoms. The number of esters is 1. The molecule has 0 aromatic heterocycles. The van der Waals surface area contributed by atoms with Crippen LogP contribution in [-0.2, 0) is 19.1 Å². The Bertz CT molecular complexity index is 211. The number of amides is 1. The van der Waals surface area contributed by atoms with Crippen molar-refractivity contribution in [1.82, 2.24) is 4.90 Å². The van der Waals surface area contributed by atoms with E-state index in [9.17, 15) is 9.59 Å². The van der Waals surface area contributed by atoms with Gasteiger partial charge in [0.1, 0.15) is 6.73 Å². The molecule has 0 radical (unpaired) electrons. The predicted molar refractivity (Wildman–Crippen MR) is 48.4 cm³/mol. The first-order valence-electron chi connectivity index (χ1n) is 4.66. The summed E-state index contributed by atoms with van der Waals surface area (Å²) < 4.78 is 9.57. The van der Waals surface area contributed by atoms with Crippen molar-refractivity contribution in [2.75, 3.05) is 27.0 Å². The van der Waals surface area contributed by atoms with Crippen molar-refractivity contribution in [3.63, 3.8) is 0 Å². The molecule has 1 saturated heterocycles. The smallest absolute Gasteiger partial charge is 0.306 e. The molecule has 5 nitrogen and oxygen atoms in total.